The standard InChI is InChI=1S/C5H13N3O4S3/c1-7-14(9,10)3-2-8-15(11,12)4-5(6)13/h7-8H,2-4H2,1H3,(H2,6,13). The summed E-state index contributed by atoms with van der Waals surface area (Å²) in [4.78, 5) is -0.168. The molecule has 90 valence electrons. The normalized spacial score (nSPS) is 12.6. The van der Waals surface area contributed by atoms with E-state index in [0.29, 0.717) is 0 Å². The van der Waals surface area contributed by atoms with Gasteiger partial charge in [0.1, 0.15) is 5.75 Å². The molecule has 0 saturated heterocycles. The van der Waals surface area contributed by atoms with Crippen molar-refractivity contribution in [2.45, 2.75) is 0 Å². The number of hydrogen-bond donors (Lipinski definition) is 3. The maximum Gasteiger partial charge on any atom is 0.218 e. The Labute approximate surface area is 94.5 Å². The number of rotatable bonds is 7. The van der Waals surface area contributed by atoms with E-state index in [0.717, 1.165) is 0 Å². The predicted molar refractivity (Wildman–Crippen MR) is 61.4 cm³/mol. The Morgan fingerprint density at radius 2 is 1.80 bits per heavy atom. The molecule has 0 heterocycles. The van der Waals surface area contributed by atoms with Gasteiger partial charge in [0.2, 0.25) is 20.0 Å². The van der Waals surface area contributed by atoms with E-state index in [1.54, 1.807) is 0 Å². The van der Waals surface area contributed by atoms with Crippen molar-refractivity contribution >= 4 is 37.3 Å². The van der Waals surface area contributed by atoms with Gasteiger partial charge in [-0.15, -0.1) is 0 Å². The summed E-state index contributed by atoms with van der Waals surface area (Å²) < 4.78 is 48.2. The van der Waals surface area contributed by atoms with Crippen LogP contribution in [0.4, 0.5) is 0 Å². The average Bonchev–Trinajstić information content (AvgIpc) is 2.00. The Balaban J connectivity index is 4.13. The van der Waals surface area contributed by atoms with E-state index in [4.69, 9.17) is 5.73 Å². The highest BCUT2D eigenvalue weighted by molar-refractivity contribution is 7.92. The van der Waals surface area contributed by atoms with Gasteiger partial charge in [-0.05, 0) is 7.05 Å². The van der Waals surface area contributed by atoms with Gasteiger partial charge in [-0.25, -0.2) is 26.3 Å². The van der Waals surface area contributed by atoms with E-state index in [1.807, 2.05) is 0 Å². The van der Waals surface area contributed by atoms with Crippen LogP contribution >= 0.6 is 12.2 Å². The van der Waals surface area contributed by atoms with Crippen molar-refractivity contribution in [3.05, 3.63) is 0 Å². The van der Waals surface area contributed by atoms with Gasteiger partial charge in [-0.3, -0.25) is 0 Å². The summed E-state index contributed by atoms with van der Waals surface area (Å²) in [7, 11) is -5.78. The topological polar surface area (TPSA) is 118 Å². The quantitative estimate of drug-likeness (QED) is 0.451. The van der Waals surface area contributed by atoms with Crippen LogP contribution in [0.15, 0.2) is 0 Å². The van der Waals surface area contributed by atoms with Gasteiger partial charge < -0.3 is 5.73 Å². The molecule has 0 aliphatic rings. The van der Waals surface area contributed by atoms with Gasteiger partial charge in [0.25, 0.3) is 0 Å². The first-order valence-electron chi connectivity index (χ1n) is 3.85. The van der Waals surface area contributed by atoms with Crippen molar-refractivity contribution in [3.8, 4) is 0 Å². The minimum absolute atomic E-state index is 0.168. The number of nitrogens with one attached hydrogen (secondary N) is 2. The molecule has 0 unspecified atom stereocenters. The molecule has 0 aromatic rings. The summed E-state index contributed by atoms with van der Waals surface area (Å²) >= 11 is 4.42. The number of sulfonamides is 2. The minimum Gasteiger partial charge on any atom is -0.392 e. The molecule has 0 amide bonds. The molecule has 15 heavy (non-hydrogen) atoms. The van der Waals surface area contributed by atoms with Gasteiger partial charge in [0.15, 0.2) is 0 Å². The maximum absolute atomic E-state index is 11.1. The zero-order valence-electron chi connectivity index (χ0n) is 8.06. The first-order valence-corrected chi connectivity index (χ1v) is 7.56. The smallest absolute Gasteiger partial charge is 0.218 e. The van der Waals surface area contributed by atoms with Gasteiger partial charge in [-0.1, -0.05) is 12.2 Å². The fourth-order valence-electron chi connectivity index (χ4n) is 0.672. The third-order valence-electron chi connectivity index (χ3n) is 1.34. The van der Waals surface area contributed by atoms with Gasteiger partial charge >= 0.3 is 0 Å². The van der Waals surface area contributed by atoms with E-state index >= 15 is 0 Å². The molecule has 0 fully saturated rings. The minimum atomic E-state index is -3.62. The number of nitrogens with two attached hydrogens (primary N) is 1. The molecule has 0 aliphatic heterocycles. The zero-order valence-corrected chi connectivity index (χ0v) is 10.5. The molecule has 0 atom stereocenters. The molecule has 0 bridgehead atoms. The summed E-state index contributed by atoms with van der Waals surface area (Å²) in [5, 5.41) is 0. The van der Waals surface area contributed by atoms with Crippen LogP contribution in [-0.4, -0.2) is 46.9 Å². The largest absolute Gasteiger partial charge is 0.392 e. The van der Waals surface area contributed by atoms with Crippen LogP contribution in [0.3, 0.4) is 0 Å². The van der Waals surface area contributed by atoms with Gasteiger partial charge in [0, 0.05) is 6.54 Å². The highest BCUT2D eigenvalue weighted by Crippen LogP contribution is 1.86. The highest BCUT2D eigenvalue weighted by Gasteiger charge is 2.13. The van der Waals surface area contributed by atoms with Crippen molar-refractivity contribution in [2.75, 3.05) is 25.1 Å². The molecule has 10 heteroatoms. The number of thiocarbonyl (C=S) groups is 1. The lowest BCUT2D eigenvalue weighted by Gasteiger charge is -2.05. The highest BCUT2D eigenvalue weighted by atomic mass is 32.2. The predicted octanol–water partition coefficient (Wildman–Crippen LogP) is -2.26. The van der Waals surface area contributed by atoms with Crippen LogP contribution in [-0.2, 0) is 20.0 Å². The second kappa shape index (κ2) is 5.70. The molecular weight excluding hydrogens is 262 g/mol. The lowest BCUT2D eigenvalue weighted by molar-refractivity contribution is 0.581. The molecule has 0 rings (SSSR count). The van der Waals surface area contributed by atoms with E-state index in [1.165, 1.54) is 7.05 Å². The number of hydrogen-bond acceptors (Lipinski definition) is 5. The molecule has 0 radical (unpaired) electrons. The molecule has 0 saturated carbocycles. The third kappa shape index (κ3) is 7.62. The Morgan fingerprint density at radius 3 is 2.20 bits per heavy atom. The first-order chi connectivity index (χ1) is 6.68. The van der Waals surface area contributed by atoms with Crippen molar-refractivity contribution < 1.29 is 16.8 Å². The second-order valence-electron chi connectivity index (χ2n) is 2.64. The summed E-state index contributed by atoms with van der Waals surface area (Å²) in [6.07, 6.45) is 0. The summed E-state index contributed by atoms with van der Waals surface area (Å²) in [5.74, 6) is -0.817. The first kappa shape index (κ1) is 14.7. The van der Waals surface area contributed by atoms with Gasteiger partial charge in [0.05, 0.1) is 10.7 Å². The fourth-order valence-corrected chi connectivity index (χ4v) is 2.73. The Kier molecular flexibility index (Phi) is 5.59. The molecule has 7 nitrogen and oxygen atoms in total. The molecule has 4 N–H and O–H groups in total. The fraction of sp³-hybridized carbons (Fsp3) is 0.800. The van der Waals surface area contributed by atoms with Gasteiger partial charge in [-0.2, -0.15) is 0 Å². The van der Waals surface area contributed by atoms with Crippen LogP contribution < -0.4 is 15.2 Å². The zero-order chi connectivity index (χ0) is 12.1. The lowest BCUT2D eigenvalue weighted by atomic mass is 10.8. The van der Waals surface area contributed by atoms with Crippen LogP contribution in [0, 0.1) is 0 Å². The summed E-state index contributed by atoms with van der Waals surface area (Å²) in [5.41, 5.74) is 5.04. The molecule has 0 aromatic heterocycles. The van der Waals surface area contributed by atoms with E-state index in [2.05, 4.69) is 21.7 Å². The van der Waals surface area contributed by atoms with Crippen LogP contribution in [0.5, 0.6) is 0 Å². The summed E-state index contributed by atoms with van der Waals surface area (Å²) in [6.45, 7) is -0.214. The van der Waals surface area contributed by atoms with Crippen molar-refractivity contribution in [2.24, 2.45) is 5.73 Å². The van der Waals surface area contributed by atoms with Crippen LogP contribution in [0.25, 0.3) is 0 Å². The average molecular weight is 275 g/mol. The molecule has 0 aromatic carbocycles. The Hall–Kier alpha value is -0.290. The van der Waals surface area contributed by atoms with E-state index in [9.17, 15) is 16.8 Å². The second-order valence-corrected chi connectivity index (χ2v) is 7.02. The van der Waals surface area contributed by atoms with E-state index in [-0.39, 0.29) is 17.3 Å². The maximum atomic E-state index is 11.1. The van der Waals surface area contributed by atoms with E-state index < -0.39 is 25.8 Å². The molecular formula is C5H13N3O4S3. The van der Waals surface area contributed by atoms with Crippen molar-refractivity contribution in [1.29, 1.82) is 0 Å². The monoisotopic (exact) mass is 275 g/mol. The molecule has 0 aliphatic carbocycles. The molecule has 0 spiro atoms. The summed E-state index contributed by atoms with van der Waals surface area (Å²) in [6, 6.07) is 0. The third-order valence-corrected chi connectivity index (χ3v) is 4.36. The van der Waals surface area contributed by atoms with Crippen molar-refractivity contribution in [1.82, 2.24) is 9.44 Å². The van der Waals surface area contributed by atoms with Crippen LogP contribution in [0.2, 0.25) is 0 Å². The Bertz CT molecular complexity index is 413. The Morgan fingerprint density at radius 1 is 1.27 bits per heavy atom. The lowest BCUT2D eigenvalue weighted by Crippen LogP contribution is -2.36. The van der Waals surface area contributed by atoms with Crippen LogP contribution in [0.1, 0.15) is 0 Å². The van der Waals surface area contributed by atoms with Crippen molar-refractivity contribution in [3.63, 3.8) is 0 Å². The SMILES string of the molecule is CNS(=O)(=O)CCNS(=O)(=O)CC(N)=S.